The number of benzene rings is 2. The second-order valence-corrected chi connectivity index (χ2v) is 5.56. The quantitative estimate of drug-likeness (QED) is 0.620. The molecule has 8 heteroatoms. The van der Waals surface area contributed by atoms with E-state index in [0.29, 0.717) is 29.6 Å². The maximum atomic E-state index is 12.5. The van der Waals surface area contributed by atoms with Crippen LogP contribution in [0.1, 0.15) is 6.92 Å². The van der Waals surface area contributed by atoms with Crippen LogP contribution in [-0.4, -0.2) is 22.9 Å². The van der Waals surface area contributed by atoms with E-state index in [2.05, 4.69) is 25.3 Å². The van der Waals surface area contributed by atoms with E-state index in [1.54, 1.807) is 12.1 Å². The minimum atomic E-state index is -4.75. The van der Waals surface area contributed by atoms with Gasteiger partial charge < -0.3 is 15.4 Å². The molecule has 0 saturated carbocycles. The molecule has 1 heterocycles. The van der Waals surface area contributed by atoms with Crippen LogP contribution < -0.4 is 15.4 Å². The third-order valence-corrected chi connectivity index (χ3v) is 3.47. The SMILES string of the molecule is CCNc1nc(Nc2ccccc2)cc(-c2cccc(OC(F)(F)F)c2)n1. The molecule has 0 saturated heterocycles. The smallest absolute Gasteiger partial charge is 0.406 e. The molecule has 0 atom stereocenters. The van der Waals surface area contributed by atoms with Crippen LogP contribution in [0, 0.1) is 0 Å². The van der Waals surface area contributed by atoms with Crippen LogP contribution in [0.2, 0.25) is 0 Å². The zero-order valence-electron chi connectivity index (χ0n) is 14.4. The van der Waals surface area contributed by atoms with Crippen LogP contribution >= 0.6 is 0 Å². The highest BCUT2D eigenvalue weighted by Crippen LogP contribution is 2.29. The number of para-hydroxylation sites is 1. The van der Waals surface area contributed by atoms with Gasteiger partial charge in [-0.15, -0.1) is 13.2 Å². The zero-order chi connectivity index (χ0) is 19.3. The highest BCUT2D eigenvalue weighted by molar-refractivity contribution is 5.68. The highest BCUT2D eigenvalue weighted by Gasteiger charge is 2.31. The highest BCUT2D eigenvalue weighted by atomic mass is 19.4. The lowest BCUT2D eigenvalue weighted by molar-refractivity contribution is -0.274. The molecule has 0 aliphatic carbocycles. The second kappa shape index (κ2) is 7.94. The molecule has 0 aliphatic heterocycles. The normalized spacial score (nSPS) is 11.1. The first-order valence-corrected chi connectivity index (χ1v) is 8.24. The van der Waals surface area contributed by atoms with Gasteiger partial charge in [0.2, 0.25) is 5.95 Å². The van der Waals surface area contributed by atoms with Crippen molar-refractivity contribution >= 4 is 17.5 Å². The van der Waals surface area contributed by atoms with Gasteiger partial charge in [-0.25, -0.2) is 4.98 Å². The molecule has 3 rings (SSSR count). The number of ether oxygens (including phenoxy) is 1. The van der Waals surface area contributed by atoms with Gasteiger partial charge in [-0.05, 0) is 31.2 Å². The molecule has 140 valence electrons. The van der Waals surface area contributed by atoms with Gasteiger partial charge in [-0.2, -0.15) is 4.98 Å². The number of anilines is 3. The van der Waals surface area contributed by atoms with Gasteiger partial charge in [-0.3, -0.25) is 0 Å². The fraction of sp³-hybridized carbons (Fsp3) is 0.158. The van der Waals surface area contributed by atoms with Crippen molar-refractivity contribution in [2.45, 2.75) is 13.3 Å². The Balaban J connectivity index is 1.95. The molecular formula is C19H17F3N4O. The summed E-state index contributed by atoms with van der Waals surface area (Å²) in [5.41, 5.74) is 1.78. The van der Waals surface area contributed by atoms with E-state index in [1.165, 1.54) is 18.2 Å². The van der Waals surface area contributed by atoms with Crippen molar-refractivity contribution in [2.24, 2.45) is 0 Å². The molecule has 2 N–H and O–H groups in total. The van der Waals surface area contributed by atoms with E-state index in [4.69, 9.17) is 0 Å². The zero-order valence-corrected chi connectivity index (χ0v) is 14.4. The van der Waals surface area contributed by atoms with Gasteiger partial charge in [0, 0.05) is 23.9 Å². The maximum Gasteiger partial charge on any atom is 0.573 e. The Morgan fingerprint density at radius 2 is 1.74 bits per heavy atom. The minimum Gasteiger partial charge on any atom is -0.406 e. The fourth-order valence-corrected chi connectivity index (χ4v) is 2.42. The van der Waals surface area contributed by atoms with Crippen LogP contribution in [0.4, 0.5) is 30.6 Å². The summed E-state index contributed by atoms with van der Waals surface area (Å²) in [6, 6.07) is 16.8. The Kier molecular flexibility index (Phi) is 5.44. The Hall–Kier alpha value is -3.29. The molecule has 0 radical (unpaired) electrons. The van der Waals surface area contributed by atoms with Crippen molar-refractivity contribution in [3.05, 3.63) is 60.7 Å². The van der Waals surface area contributed by atoms with Crippen LogP contribution in [0.3, 0.4) is 0 Å². The standard InChI is InChI=1S/C19H17F3N4O/c1-2-23-18-25-16(12-17(26-18)24-14-8-4-3-5-9-14)13-7-6-10-15(11-13)27-19(20,21)22/h3-12H,2H2,1H3,(H2,23,24,25,26). The number of hydrogen-bond acceptors (Lipinski definition) is 5. The van der Waals surface area contributed by atoms with Gasteiger partial charge in [0.1, 0.15) is 11.6 Å². The molecule has 0 amide bonds. The molecule has 1 aromatic heterocycles. The van der Waals surface area contributed by atoms with Crippen molar-refractivity contribution in [1.29, 1.82) is 0 Å². The van der Waals surface area contributed by atoms with Gasteiger partial charge in [0.25, 0.3) is 0 Å². The molecule has 0 fully saturated rings. The summed E-state index contributed by atoms with van der Waals surface area (Å²) in [6.07, 6.45) is -4.75. The molecule has 0 aliphatic rings. The summed E-state index contributed by atoms with van der Waals surface area (Å²) in [7, 11) is 0. The second-order valence-electron chi connectivity index (χ2n) is 5.56. The number of hydrogen-bond donors (Lipinski definition) is 2. The molecule has 27 heavy (non-hydrogen) atoms. The summed E-state index contributed by atoms with van der Waals surface area (Å²) in [5.74, 6) is 0.584. The Morgan fingerprint density at radius 3 is 2.44 bits per heavy atom. The predicted molar refractivity (Wildman–Crippen MR) is 98.0 cm³/mol. The third-order valence-electron chi connectivity index (χ3n) is 3.47. The number of halogens is 3. The van der Waals surface area contributed by atoms with Crippen molar-refractivity contribution in [2.75, 3.05) is 17.2 Å². The van der Waals surface area contributed by atoms with Crippen LogP contribution in [0.5, 0.6) is 5.75 Å². The van der Waals surface area contributed by atoms with Gasteiger partial charge in [-0.1, -0.05) is 30.3 Å². The third kappa shape index (κ3) is 5.34. The van der Waals surface area contributed by atoms with E-state index in [0.717, 1.165) is 5.69 Å². The van der Waals surface area contributed by atoms with Gasteiger partial charge >= 0.3 is 6.36 Å². The lowest BCUT2D eigenvalue weighted by Gasteiger charge is -2.12. The van der Waals surface area contributed by atoms with E-state index in [1.807, 2.05) is 37.3 Å². The first-order valence-electron chi connectivity index (χ1n) is 8.24. The number of nitrogens with zero attached hydrogens (tertiary/aromatic N) is 2. The average molecular weight is 374 g/mol. The Labute approximate surface area is 154 Å². The number of alkyl halides is 3. The Bertz CT molecular complexity index is 901. The topological polar surface area (TPSA) is 59.1 Å². The molecule has 2 aromatic carbocycles. The van der Waals surface area contributed by atoms with Crippen LogP contribution in [-0.2, 0) is 0 Å². The minimum absolute atomic E-state index is 0.304. The first kappa shape index (κ1) is 18.5. The lowest BCUT2D eigenvalue weighted by Crippen LogP contribution is -2.17. The van der Waals surface area contributed by atoms with Crippen molar-refractivity contribution in [1.82, 2.24) is 9.97 Å². The molecule has 3 aromatic rings. The lowest BCUT2D eigenvalue weighted by atomic mass is 10.1. The molecule has 0 bridgehead atoms. The summed E-state index contributed by atoms with van der Waals surface area (Å²) in [6.45, 7) is 2.50. The monoisotopic (exact) mass is 374 g/mol. The predicted octanol–water partition coefficient (Wildman–Crippen LogP) is 5.22. The largest absolute Gasteiger partial charge is 0.573 e. The molecule has 0 spiro atoms. The van der Waals surface area contributed by atoms with Gasteiger partial charge in [0.15, 0.2) is 0 Å². The molecule has 5 nitrogen and oxygen atoms in total. The average Bonchev–Trinajstić information content (AvgIpc) is 2.61. The number of aromatic nitrogens is 2. The summed E-state index contributed by atoms with van der Waals surface area (Å²) in [4.78, 5) is 8.75. The molecular weight excluding hydrogens is 357 g/mol. The first-order chi connectivity index (χ1) is 12.9. The van der Waals surface area contributed by atoms with Crippen molar-refractivity contribution in [3.63, 3.8) is 0 Å². The van der Waals surface area contributed by atoms with E-state index < -0.39 is 6.36 Å². The van der Waals surface area contributed by atoms with Crippen molar-refractivity contribution in [3.8, 4) is 17.0 Å². The van der Waals surface area contributed by atoms with Gasteiger partial charge in [0.05, 0.1) is 5.69 Å². The summed E-state index contributed by atoms with van der Waals surface area (Å²) >= 11 is 0. The van der Waals surface area contributed by atoms with Crippen molar-refractivity contribution < 1.29 is 17.9 Å². The summed E-state index contributed by atoms with van der Waals surface area (Å²) < 4.78 is 41.4. The number of nitrogens with one attached hydrogen (secondary N) is 2. The maximum absolute atomic E-state index is 12.5. The molecule has 0 unspecified atom stereocenters. The Morgan fingerprint density at radius 1 is 0.963 bits per heavy atom. The van der Waals surface area contributed by atoms with E-state index in [-0.39, 0.29) is 5.75 Å². The summed E-state index contributed by atoms with van der Waals surface area (Å²) in [5, 5.41) is 6.19. The van der Waals surface area contributed by atoms with Crippen LogP contribution in [0.15, 0.2) is 60.7 Å². The number of rotatable bonds is 6. The van der Waals surface area contributed by atoms with E-state index in [9.17, 15) is 13.2 Å². The fourth-order valence-electron chi connectivity index (χ4n) is 2.42. The van der Waals surface area contributed by atoms with E-state index >= 15 is 0 Å². The van der Waals surface area contributed by atoms with Crippen LogP contribution in [0.25, 0.3) is 11.3 Å².